The molecule has 0 bridgehead atoms. The van der Waals surface area contributed by atoms with E-state index < -0.39 is 17.6 Å². The third-order valence-corrected chi connectivity index (χ3v) is 3.60. The van der Waals surface area contributed by atoms with Gasteiger partial charge < -0.3 is 0 Å². The van der Waals surface area contributed by atoms with Crippen molar-refractivity contribution >= 4 is 5.91 Å². The highest BCUT2D eigenvalue weighted by molar-refractivity contribution is 5.95. The number of carbonyl (C=O) groups excluding carboxylic acids is 1. The molecule has 0 spiro atoms. The van der Waals surface area contributed by atoms with Crippen molar-refractivity contribution in [1.29, 1.82) is 0 Å². The van der Waals surface area contributed by atoms with E-state index in [4.69, 9.17) is 0 Å². The Morgan fingerprint density at radius 1 is 1.12 bits per heavy atom. The lowest BCUT2D eigenvalue weighted by Gasteiger charge is -2.30. The van der Waals surface area contributed by atoms with Gasteiger partial charge in [0.05, 0.1) is 23.4 Å². The number of hydrogen-bond donors (Lipinski definition) is 0. The van der Waals surface area contributed by atoms with Crippen molar-refractivity contribution in [2.75, 3.05) is 14.1 Å². The van der Waals surface area contributed by atoms with Crippen LogP contribution in [0.4, 0.5) is 13.2 Å². The van der Waals surface area contributed by atoms with Crippen molar-refractivity contribution in [3.05, 3.63) is 65.0 Å². The van der Waals surface area contributed by atoms with Gasteiger partial charge in [0.1, 0.15) is 0 Å². The van der Waals surface area contributed by atoms with Gasteiger partial charge in [-0.15, -0.1) is 0 Å². The Balaban J connectivity index is 2.40. The first kappa shape index (κ1) is 17.9. The number of hydrogen-bond acceptors (Lipinski definition) is 3. The van der Waals surface area contributed by atoms with Crippen molar-refractivity contribution < 1.29 is 18.0 Å². The van der Waals surface area contributed by atoms with Crippen LogP contribution in [0.1, 0.15) is 27.2 Å². The molecular formula is C17H18F3N3O. The Hall–Kier alpha value is -2.41. The number of halogens is 3. The standard InChI is InChI=1S/C17H18F3N3O/c1-12-7-6-10-21-15(12)11-23(22(2)3)16(24)13-8-4-5-9-14(13)17(18,19)20/h4-10H,11H2,1-3H3. The Bertz CT molecular complexity index is 729. The summed E-state index contributed by atoms with van der Waals surface area (Å²) in [6.07, 6.45) is -3.00. The predicted molar refractivity (Wildman–Crippen MR) is 84.0 cm³/mol. The molecule has 0 saturated heterocycles. The molecular weight excluding hydrogens is 319 g/mol. The lowest BCUT2D eigenvalue weighted by molar-refractivity contribution is -0.138. The molecule has 1 heterocycles. The van der Waals surface area contributed by atoms with Crippen LogP contribution in [0.15, 0.2) is 42.6 Å². The molecule has 0 saturated carbocycles. The molecule has 2 aromatic rings. The van der Waals surface area contributed by atoms with Crippen molar-refractivity contribution in [3.8, 4) is 0 Å². The van der Waals surface area contributed by atoms with E-state index in [-0.39, 0.29) is 12.1 Å². The van der Waals surface area contributed by atoms with Gasteiger partial charge in [0.25, 0.3) is 5.91 Å². The second-order valence-corrected chi connectivity index (χ2v) is 5.52. The number of aromatic nitrogens is 1. The average molecular weight is 337 g/mol. The molecule has 24 heavy (non-hydrogen) atoms. The van der Waals surface area contributed by atoms with Crippen LogP contribution in [0.5, 0.6) is 0 Å². The number of rotatable bonds is 4. The summed E-state index contributed by atoms with van der Waals surface area (Å²) in [6.45, 7) is 1.93. The summed E-state index contributed by atoms with van der Waals surface area (Å²) in [5, 5.41) is 2.70. The zero-order valence-electron chi connectivity index (χ0n) is 13.6. The first-order valence-electron chi connectivity index (χ1n) is 7.27. The van der Waals surface area contributed by atoms with E-state index in [1.54, 1.807) is 26.4 Å². The third-order valence-electron chi connectivity index (χ3n) is 3.60. The van der Waals surface area contributed by atoms with Crippen LogP contribution in [0, 0.1) is 6.92 Å². The molecule has 1 aromatic heterocycles. The normalized spacial score (nSPS) is 11.6. The summed E-state index contributed by atoms with van der Waals surface area (Å²) < 4.78 is 39.5. The molecule has 0 aliphatic rings. The zero-order chi connectivity index (χ0) is 17.9. The van der Waals surface area contributed by atoms with Crippen molar-refractivity contribution in [2.24, 2.45) is 0 Å². The minimum atomic E-state index is -4.59. The fourth-order valence-electron chi connectivity index (χ4n) is 2.28. The quantitative estimate of drug-likeness (QED) is 0.801. The molecule has 0 unspecified atom stereocenters. The topological polar surface area (TPSA) is 36.4 Å². The SMILES string of the molecule is Cc1cccnc1CN(C(=O)c1ccccc1C(F)(F)F)N(C)C. The Morgan fingerprint density at radius 2 is 1.79 bits per heavy atom. The molecule has 4 nitrogen and oxygen atoms in total. The van der Waals surface area contributed by atoms with E-state index in [0.29, 0.717) is 5.69 Å². The van der Waals surface area contributed by atoms with Gasteiger partial charge >= 0.3 is 6.18 Å². The number of alkyl halides is 3. The summed E-state index contributed by atoms with van der Waals surface area (Å²) in [7, 11) is 3.21. The van der Waals surface area contributed by atoms with E-state index in [0.717, 1.165) is 11.6 Å². The molecule has 0 atom stereocenters. The molecule has 0 fully saturated rings. The zero-order valence-corrected chi connectivity index (χ0v) is 13.6. The molecule has 0 aliphatic heterocycles. The number of amides is 1. The summed E-state index contributed by atoms with van der Waals surface area (Å²) in [5.74, 6) is -0.724. The van der Waals surface area contributed by atoms with Crippen molar-refractivity contribution in [1.82, 2.24) is 15.0 Å². The molecule has 0 aliphatic carbocycles. The molecule has 7 heteroatoms. The largest absolute Gasteiger partial charge is 0.417 e. The fraction of sp³-hybridized carbons (Fsp3) is 0.294. The van der Waals surface area contributed by atoms with E-state index >= 15 is 0 Å². The average Bonchev–Trinajstić information content (AvgIpc) is 2.52. The maximum absolute atomic E-state index is 13.2. The van der Waals surface area contributed by atoms with Crippen LogP contribution in [-0.2, 0) is 12.7 Å². The number of nitrogens with zero attached hydrogens (tertiary/aromatic N) is 3. The van der Waals surface area contributed by atoms with Crippen LogP contribution >= 0.6 is 0 Å². The van der Waals surface area contributed by atoms with Crippen LogP contribution in [0.25, 0.3) is 0 Å². The van der Waals surface area contributed by atoms with Crippen molar-refractivity contribution in [3.63, 3.8) is 0 Å². The van der Waals surface area contributed by atoms with E-state index in [2.05, 4.69) is 4.98 Å². The van der Waals surface area contributed by atoms with Crippen LogP contribution < -0.4 is 0 Å². The van der Waals surface area contributed by atoms with Crippen LogP contribution in [0.3, 0.4) is 0 Å². The predicted octanol–water partition coefficient (Wildman–Crippen LogP) is 3.53. The Labute approximate surface area is 138 Å². The van der Waals surface area contributed by atoms with Gasteiger partial charge in [-0.1, -0.05) is 18.2 Å². The molecule has 128 valence electrons. The Kier molecular flexibility index (Phi) is 5.23. The van der Waals surface area contributed by atoms with Gasteiger partial charge in [-0.3, -0.25) is 14.8 Å². The molecule has 2 rings (SSSR count). The summed E-state index contributed by atoms with van der Waals surface area (Å²) in [6, 6.07) is 8.38. The maximum atomic E-state index is 13.2. The van der Waals surface area contributed by atoms with Gasteiger partial charge in [-0.05, 0) is 30.7 Å². The monoisotopic (exact) mass is 337 g/mol. The Morgan fingerprint density at radius 3 is 2.38 bits per heavy atom. The van der Waals surface area contributed by atoms with Crippen LogP contribution in [-0.4, -0.2) is 35.0 Å². The summed E-state index contributed by atoms with van der Waals surface area (Å²) >= 11 is 0. The number of pyridine rings is 1. The van der Waals surface area contributed by atoms with E-state index in [1.165, 1.54) is 28.2 Å². The number of aryl methyl sites for hydroxylation is 1. The van der Waals surface area contributed by atoms with Crippen LogP contribution in [0.2, 0.25) is 0 Å². The third kappa shape index (κ3) is 3.91. The highest BCUT2D eigenvalue weighted by Crippen LogP contribution is 2.32. The minimum absolute atomic E-state index is 0.0880. The molecule has 1 aromatic carbocycles. The fourth-order valence-corrected chi connectivity index (χ4v) is 2.28. The molecule has 0 radical (unpaired) electrons. The van der Waals surface area contributed by atoms with E-state index in [1.807, 2.05) is 13.0 Å². The first-order chi connectivity index (χ1) is 11.2. The van der Waals surface area contributed by atoms with Crippen molar-refractivity contribution in [2.45, 2.75) is 19.6 Å². The molecule has 0 N–H and O–H groups in total. The second kappa shape index (κ2) is 7.00. The van der Waals surface area contributed by atoms with Gasteiger partial charge in [-0.25, -0.2) is 5.01 Å². The number of benzene rings is 1. The van der Waals surface area contributed by atoms with Gasteiger partial charge in [0.2, 0.25) is 0 Å². The summed E-state index contributed by atoms with van der Waals surface area (Å²) in [4.78, 5) is 16.9. The maximum Gasteiger partial charge on any atom is 0.417 e. The molecule has 1 amide bonds. The van der Waals surface area contributed by atoms with Gasteiger partial charge in [0.15, 0.2) is 0 Å². The van der Waals surface area contributed by atoms with Gasteiger partial charge in [0, 0.05) is 20.3 Å². The summed E-state index contributed by atoms with van der Waals surface area (Å²) in [5.41, 5.74) is 0.164. The highest BCUT2D eigenvalue weighted by Gasteiger charge is 2.36. The lowest BCUT2D eigenvalue weighted by atomic mass is 10.1. The highest BCUT2D eigenvalue weighted by atomic mass is 19.4. The minimum Gasteiger partial charge on any atom is -0.268 e. The first-order valence-corrected chi connectivity index (χ1v) is 7.27. The smallest absolute Gasteiger partial charge is 0.268 e. The lowest BCUT2D eigenvalue weighted by Crippen LogP contribution is -2.42. The number of hydrazine groups is 1. The van der Waals surface area contributed by atoms with Gasteiger partial charge in [-0.2, -0.15) is 13.2 Å². The van der Waals surface area contributed by atoms with E-state index in [9.17, 15) is 18.0 Å². The second-order valence-electron chi connectivity index (χ2n) is 5.52. The number of carbonyl (C=O) groups is 1.